The van der Waals surface area contributed by atoms with Crippen LogP contribution in [0.25, 0.3) is 11.0 Å². The first-order valence-corrected chi connectivity index (χ1v) is 8.93. The molecule has 0 radical (unpaired) electrons. The fourth-order valence-corrected chi connectivity index (χ4v) is 4.38. The molecule has 0 amide bonds. The van der Waals surface area contributed by atoms with Crippen LogP contribution in [0.3, 0.4) is 0 Å². The zero-order chi connectivity index (χ0) is 18.2. The molecule has 2 aromatic heterocycles. The molecule has 3 fully saturated rings. The summed E-state index contributed by atoms with van der Waals surface area (Å²) in [5, 5.41) is 9.32. The van der Waals surface area contributed by atoms with E-state index in [-0.39, 0.29) is 28.9 Å². The summed E-state index contributed by atoms with van der Waals surface area (Å²) in [6, 6.07) is 1.42. The number of nitrogens with two attached hydrogens (primary N) is 1. The molecule has 2 aliphatic carbocycles. The van der Waals surface area contributed by atoms with Crippen LogP contribution in [0.4, 0.5) is 10.2 Å². The van der Waals surface area contributed by atoms with Gasteiger partial charge in [-0.15, -0.1) is 0 Å². The molecule has 5 rings (SSSR count). The largest absolute Gasteiger partial charge is 0.477 e. The van der Waals surface area contributed by atoms with Crippen LogP contribution < -0.4 is 16.1 Å². The van der Waals surface area contributed by atoms with E-state index in [9.17, 15) is 19.1 Å². The van der Waals surface area contributed by atoms with Gasteiger partial charge < -0.3 is 20.3 Å². The summed E-state index contributed by atoms with van der Waals surface area (Å²) in [4.78, 5) is 30.2. The molecule has 136 valence electrons. The van der Waals surface area contributed by atoms with Crippen LogP contribution in [0.2, 0.25) is 0 Å². The van der Waals surface area contributed by atoms with Crippen molar-refractivity contribution in [2.45, 2.75) is 31.3 Å². The quantitative estimate of drug-likeness (QED) is 0.859. The summed E-state index contributed by atoms with van der Waals surface area (Å²) in [5.74, 6) is -0.819. The molecule has 3 heterocycles. The number of hydrogen-bond donors (Lipinski definition) is 2. The highest BCUT2D eigenvalue weighted by Gasteiger charge is 2.46. The van der Waals surface area contributed by atoms with Gasteiger partial charge in [0.15, 0.2) is 11.6 Å². The van der Waals surface area contributed by atoms with Crippen LogP contribution in [0.1, 0.15) is 35.7 Å². The Bertz CT molecular complexity index is 1000. The van der Waals surface area contributed by atoms with Gasteiger partial charge in [0.1, 0.15) is 11.2 Å². The second kappa shape index (κ2) is 5.26. The number of pyridine rings is 2. The highest BCUT2D eigenvalue weighted by molar-refractivity contribution is 5.92. The van der Waals surface area contributed by atoms with Gasteiger partial charge in [-0.3, -0.25) is 4.79 Å². The van der Waals surface area contributed by atoms with Crippen LogP contribution in [0.5, 0.6) is 0 Å². The van der Waals surface area contributed by atoms with Crippen molar-refractivity contribution in [2.75, 3.05) is 18.0 Å². The van der Waals surface area contributed by atoms with E-state index in [1.807, 2.05) is 4.90 Å². The Morgan fingerprint density at radius 2 is 2.12 bits per heavy atom. The Kier molecular flexibility index (Phi) is 3.19. The Hall–Kier alpha value is -2.48. The van der Waals surface area contributed by atoms with E-state index in [2.05, 4.69) is 4.98 Å². The van der Waals surface area contributed by atoms with Gasteiger partial charge in [0.05, 0.1) is 5.39 Å². The minimum atomic E-state index is -1.30. The smallest absolute Gasteiger partial charge is 0.341 e. The number of anilines is 1. The minimum absolute atomic E-state index is 0.0249. The zero-order valence-corrected chi connectivity index (χ0v) is 14.1. The van der Waals surface area contributed by atoms with E-state index >= 15 is 0 Å². The molecule has 3 atom stereocenters. The molecule has 1 saturated heterocycles. The summed E-state index contributed by atoms with van der Waals surface area (Å²) in [6.07, 6.45) is 4.09. The summed E-state index contributed by atoms with van der Waals surface area (Å²) < 4.78 is 16.5. The van der Waals surface area contributed by atoms with E-state index in [1.54, 1.807) is 4.57 Å². The monoisotopic (exact) mass is 358 g/mol. The maximum Gasteiger partial charge on any atom is 0.341 e. The van der Waals surface area contributed by atoms with Gasteiger partial charge in [-0.1, -0.05) is 0 Å². The Morgan fingerprint density at radius 1 is 1.35 bits per heavy atom. The number of nitrogens with zero attached hydrogens (tertiary/aromatic N) is 3. The number of fused-ring (bicyclic) bond motifs is 2. The summed E-state index contributed by atoms with van der Waals surface area (Å²) in [7, 11) is 0. The minimum Gasteiger partial charge on any atom is -0.477 e. The second-order valence-corrected chi connectivity index (χ2v) is 7.71. The lowest BCUT2D eigenvalue weighted by atomic mass is 9.72. The Balaban J connectivity index is 1.67. The van der Waals surface area contributed by atoms with Crippen LogP contribution >= 0.6 is 0 Å². The van der Waals surface area contributed by atoms with Gasteiger partial charge in [-0.05, 0) is 37.2 Å². The zero-order valence-electron chi connectivity index (χ0n) is 14.1. The third-order valence-electron chi connectivity index (χ3n) is 6.03. The number of rotatable bonds is 3. The molecule has 0 unspecified atom stereocenters. The highest BCUT2D eigenvalue weighted by atomic mass is 19.1. The van der Waals surface area contributed by atoms with Crippen molar-refractivity contribution in [2.24, 2.45) is 17.6 Å². The van der Waals surface area contributed by atoms with E-state index < -0.39 is 17.2 Å². The summed E-state index contributed by atoms with van der Waals surface area (Å²) >= 11 is 0. The first-order chi connectivity index (χ1) is 12.4. The van der Waals surface area contributed by atoms with Gasteiger partial charge in [-0.2, -0.15) is 0 Å². The lowest BCUT2D eigenvalue weighted by Crippen LogP contribution is -2.46. The number of aromatic nitrogens is 2. The number of carboxylic acid groups (broad SMARTS) is 1. The average molecular weight is 358 g/mol. The third-order valence-corrected chi connectivity index (χ3v) is 6.03. The van der Waals surface area contributed by atoms with Gasteiger partial charge in [0.25, 0.3) is 0 Å². The van der Waals surface area contributed by atoms with E-state index in [0.29, 0.717) is 30.6 Å². The molecule has 1 aliphatic heterocycles. The second-order valence-electron chi connectivity index (χ2n) is 7.71. The number of aromatic carboxylic acids is 1. The maximum atomic E-state index is 14.8. The highest BCUT2D eigenvalue weighted by Crippen LogP contribution is 2.42. The first kappa shape index (κ1) is 15.7. The van der Waals surface area contributed by atoms with E-state index in [4.69, 9.17) is 5.73 Å². The number of hydrogen-bond acceptors (Lipinski definition) is 5. The number of carboxylic acids is 1. The predicted octanol–water partition coefficient (Wildman–Crippen LogP) is 1.35. The van der Waals surface area contributed by atoms with Crippen LogP contribution in [-0.2, 0) is 0 Å². The van der Waals surface area contributed by atoms with Crippen molar-refractivity contribution in [3.63, 3.8) is 0 Å². The van der Waals surface area contributed by atoms with Crippen molar-refractivity contribution in [1.82, 2.24) is 9.55 Å². The standard InChI is InChI=1S/C18H19FN4O3/c19-13-4-10-15(24)12(18(25)26)7-23(9-1-2-9)16(10)21-17(13)22-5-8-3-14(20)11(8)6-22/h4,7-9,11,14H,1-3,5-6,20H2,(H,25,26)/t8-,11+,14-/m0/s1. The van der Waals surface area contributed by atoms with Gasteiger partial charge >= 0.3 is 5.97 Å². The Labute approximate surface area is 148 Å². The molecule has 26 heavy (non-hydrogen) atoms. The molecule has 8 heteroatoms. The van der Waals surface area contributed by atoms with Gasteiger partial charge in [0, 0.05) is 31.4 Å². The lowest BCUT2D eigenvalue weighted by Gasteiger charge is -2.36. The molecule has 7 nitrogen and oxygen atoms in total. The fourth-order valence-electron chi connectivity index (χ4n) is 4.38. The number of carbonyl (C=O) groups is 1. The van der Waals surface area contributed by atoms with Crippen LogP contribution in [0, 0.1) is 17.7 Å². The summed E-state index contributed by atoms with van der Waals surface area (Å²) in [5.41, 5.74) is 5.36. The normalized spacial score (nSPS) is 27.5. The van der Waals surface area contributed by atoms with Crippen molar-refractivity contribution < 1.29 is 14.3 Å². The van der Waals surface area contributed by atoms with Crippen molar-refractivity contribution in [3.8, 4) is 0 Å². The van der Waals surface area contributed by atoms with E-state index in [0.717, 1.165) is 25.3 Å². The molecule has 0 aromatic carbocycles. The topological polar surface area (TPSA) is 101 Å². The van der Waals surface area contributed by atoms with Crippen molar-refractivity contribution in [1.29, 1.82) is 0 Å². The van der Waals surface area contributed by atoms with Gasteiger partial charge in [0.2, 0.25) is 5.43 Å². The fraction of sp³-hybridized carbons (Fsp3) is 0.500. The third kappa shape index (κ3) is 2.18. The molecule has 0 bridgehead atoms. The SMILES string of the molecule is N[C@H]1C[C@H]2CN(c3nc4c(cc3F)c(=O)c(C(=O)O)cn4C3CC3)C[C@H]21. The molecular weight excluding hydrogens is 339 g/mol. The van der Waals surface area contributed by atoms with Gasteiger partial charge in [-0.25, -0.2) is 14.2 Å². The molecule has 0 spiro atoms. The first-order valence-electron chi connectivity index (χ1n) is 8.93. The Morgan fingerprint density at radius 3 is 2.73 bits per heavy atom. The predicted molar refractivity (Wildman–Crippen MR) is 93.0 cm³/mol. The average Bonchev–Trinajstić information content (AvgIpc) is 3.37. The molecule has 2 aromatic rings. The molecule has 2 saturated carbocycles. The van der Waals surface area contributed by atoms with Crippen molar-refractivity contribution >= 4 is 22.8 Å². The summed E-state index contributed by atoms with van der Waals surface area (Å²) in [6.45, 7) is 1.39. The van der Waals surface area contributed by atoms with Crippen LogP contribution in [-0.4, -0.2) is 39.8 Å². The maximum absolute atomic E-state index is 14.8. The molecule has 3 N–H and O–H groups in total. The molecular formula is C18H19FN4O3. The number of halogens is 1. The van der Waals surface area contributed by atoms with Crippen molar-refractivity contribution in [3.05, 3.63) is 33.9 Å². The lowest BCUT2D eigenvalue weighted by molar-refractivity contribution is 0.0695. The van der Waals surface area contributed by atoms with Crippen LogP contribution in [0.15, 0.2) is 17.1 Å². The van der Waals surface area contributed by atoms with E-state index in [1.165, 1.54) is 6.20 Å². The molecule has 3 aliphatic rings.